The Balaban J connectivity index is 2.40. The van der Waals surface area contributed by atoms with Gasteiger partial charge in [-0.2, -0.15) is 0 Å². The van der Waals surface area contributed by atoms with E-state index in [1.54, 1.807) is 4.90 Å². The van der Waals surface area contributed by atoms with Crippen LogP contribution in [0.2, 0.25) is 0 Å². The predicted molar refractivity (Wildman–Crippen MR) is 71.7 cm³/mol. The number of rotatable bonds is 3. The molecule has 0 aromatic heterocycles. The second-order valence-corrected chi connectivity index (χ2v) is 5.02. The first-order valence-electron chi connectivity index (χ1n) is 6.63. The van der Waals surface area contributed by atoms with Gasteiger partial charge in [-0.25, -0.2) is 0 Å². The highest BCUT2D eigenvalue weighted by atomic mass is 16.4. The Morgan fingerprint density at radius 3 is 2.53 bits per heavy atom. The Morgan fingerprint density at radius 1 is 1.37 bits per heavy atom. The van der Waals surface area contributed by atoms with Gasteiger partial charge in [0.15, 0.2) is 0 Å². The van der Waals surface area contributed by atoms with Gasteiger partial charge in [0.05, 0.1) is 12.0 Å². The van der Waals surface area contributed by atoms with Crippen molar-refractivity contribution in [2.75, 3.05) is 6.54 Å². The molecule has 1 aromatic rings. The van der Waals surface area contributed by atoms with E-state index in [1.165, 1.54) is 0 Å². The molecule has 19 heavy (non-hydrogen) atoms. The van der Waals surface area contributed by atoms with Crippen molar-refractivity contribution < 1.29 is 14.7 Å². The van der Waals surface area contributed by atoms with Crippen LogP contribution in [0.15, 0.2) is 24.3 Å². The minimum Gasteiger partial charge on any atom is -0.481 e. The molecule has 1 aromatic carbocycles. The van der Waals surface area contributed by atoms with Crippen LogP contribution >= 0.6 is 0 Å². The Morgan fingerprint density at radius 2 is 2.00 bits per heavy atom. The molecular formula is C15H19NO3. The van der Waals surface area contributed by atoms with E-state index in [1.807, 2.05) is 38.1 Å². The van der Waals surface area contributed by atoms with Gasteiger partial charge < -0.3 is 10.0 Å². The van der Waals surface area contributed by atoms with Gasteiger partial charge in [-0.3, -0.25) is 9.59 Å². The fraction of sp³-hybridized carbons (Fsp3) is 0.467. The number of nitrogens with zero attached hydrogens (tertiary/aromatic N) is 1. The van der Waals surface area contributed by atoms with Crippen molar-refractivity contribution in [3.05, 3.63) is 35.4 Å². The topological polar surface area (TPSA) is 57.6 Å². The molecular weight excluding hydrogens is 242 g/mol. The van der Waals surface area contributed by atoms with E-state index >= 15 is 0 Å². The average molecular weight is 261 g/mol. The number of carbonyl (C=O) groups excluding carboxylic acids is 1. The minimum atomic E-state index is -0.823. The third-order valence-electron chi connectivity index (χ3n) is 3.78. The van der Waals surface area contributed by atoms with Gasteiger partial charge in [-0.05, 0) is 25.8 Å². The van der Waals surface area contributed by atoms with E-state index in [0.29, 0.717) is 19.4 Å². The largest absolute Gasteiger partial charge is 0.481 e. The zero-order valence-corrected chi connectivity index (χ0v) is 11.3. The van der Waals surface area contributed by atoms with Crippen molar-refractivity contribution in [2.24, 2.45) is 5.92 Å². The molecule has 0 spiro atoms. The lowest BCUT2D eigenvalue weighted by molar-refractivity contribution is -0.151. The average Bonchev–Trinajstić information content (AvgIpc) is 2.39. The fourth-order valence-electron chi connectivity index (χ4n) is 2.76. The number of aliphatic carboxylic acids is 1. The molecule has 1 aliphatic heterocycles. The number of amides is 1. The Kier molecular flexibility index (Phi) is 3.88. The summed E-state index contributed by atoms with van der Waals surface area (Å²) in [7, 11) is 0. The maximum atomic E-state index is 12.0. The molecule has 1 amide bonds. The lowest BCUT2D eigenvalue weighted by Crippen LogP contribution is -2.45. The van der Waals surface area contributed by atoms with Gasteiger partial charge in [-0.1, -0.05) is 29.8 Å². The van der Waals surface area contributed by atoms with Crippen LogP contribution in [0.4, 0.5) is 0 Å². The Labute approximate surface area is 113 Å². The summed E-state index contributed by atoms with van der Waals surface area (Å²) in [6.45, 7) is 4.42. The number of benzene rings is 1. The first-order chi connectivity index (χ1) is 9.04. The lowest BCUT2D eigenvalue weighted by Gasteiger charge is -2.39. The number of hydrogen-bond acceptors (Lipinski definition) is 2. The Hall–Kier alpha value is -1.84. The maximum absolute atomic E-state index is 12.0. The van der Waals surface area contributed by atoms with Crippen LogP contribution in [0.3, 0.4) is 0 Å². The highest BCUT2D eigenvalue weighted by Crippen LogP contribution is 2.36. The molecule has 1 fully saturated rings. The molecule has 4 nitrogen and oxygen atoms in total. The summed E-state index contributed by atoms with van der Waals surface area (Å²) in [5.41, 5.74) is 2.04. The number of carboxylic acid groups (broad SMARTS) is 1. The van der Waals surface area contributed by atoms with Gasteiger partial charge in [0, 0.05) is 13.0 Å². The second-order valence-electron chi connectivity index (χ2n) is 5.02. The van der Waals surface area contributed by atoms with Crippen LogP contribution in [0.25, 0.3) is 0 Å². The van der Waals surface area contributed by atoms with Gasteiger partial charge in [0.2, 0.25) is 5.91 Å². The second kappa shape index (κ2) is 5.43. The molecule has 0 bridgehead atoms. The van der Waals surface area contributed by atoms with Crippen molar-refractivity contribution in [3.8, 4) is 0 Å². The monoisotopic (exact) mass is 261 g/mol. The number of hydrogen-bond donors (Lipinski definition) is 1. The minimum absolute atomic E-state index is 0.0468. The van der Waals surface area contributed by atoms with E-state index in [9.17, 15) is 14.7 Å². The first kappa shape index (κ1) is 13.6. The maximum Gasteiger partial charge on any atom is 0.308 e. The zero-order chi connectivity index (χ0) is 14.0. The van der Waals surface area contributed by atoms with Crippen molar-refractivity contribution in [3.63, 3.8) is 0 Å². The summed E-state index contributed by atoms with van der Waals surface area (Å²) in [6.07, 6.45) is 0.746. The van der Waals surface area contributed by atoms with Crippen LogP contribution < -0.4 is 0 Å². The summed E-state index contributed by atoms with van der Waals surface area (Å²) in [5.74, 6) is -1.29. The summed E-state index contributed by atoms with van der Waals surface area (Å²) < 4.78 is 0. The summed E-state index contributed by atoms with van der Waals surface area (Å²) in [4.78, 5) is 25.1. The predicted octanol–water partition coefficient (Wildman–Crippen LogP) is 2.38. The summed E-state index contributed by atoms with van der Waals surface area (Å²) in [6, 6.07) is 7.43. The smallest absolute Gasteiger partial charge is 0.308 e. The number of carbonyl (C=O) groups is 2. The number of carboxylic acids is 1. The van der Waals surface area contributed by atoms with Crippen LogP contribution in [0.5, 0.6) is 0 Å². The van der Waals surface area contributed by atoms with Crippen LogP contribution in [-0.4, -0.2) is 28.4 Å². The molecule has 4 heteroatoms. The first-order valence-corrected chi connectivity index (χ1v) is 6.63. The molecule has 0 saturated carbocycles. The van der Waals surface area contributed by atoms with Gasteiger partial charge in [0.1, 0.15) is 0 Å². The summed E-state index contributed by atoms with van der Waals surface area (Å²) >= 11 is 0. The van der Waals surface area contributed by atoms with E-state index in [4.69, 9.17) is 0 Å². The van der Waals surface area contributed by atoms with Crippen molar-refractivity contribution in [2.45, 2.75) is 32.7 Å². The van der Waals surface area contributed by atoms with Crippen LogP contribution in [0.1, 0.15) is 36.9 Å². The number of likely N-dealkylation sites (tertiary alicyclic amines) is 1. The van der Waals surface area contributed by atoms with E-state index < -0.39 is 11.9 Å². The lowest BCUT2D eigenvalue weighted by atomic mass is 9.84. The molecule has 2 rings (SSSR count). The molecule has 1 N–H and O–H groups in total. The van der Waals surface area contributed by atoms with Crippen molar-refractivity contribution in [1.82, 2.24) is 4.90 Å². The zero-order valence-electron chi connectivity index (χ0n) is 11.3. The van der Waals surface area contributed by atoms with Crippen LogP contribution in [0, 0.1) is 12.8 Å². The normalized spacial score (nSPS) is 23.5. The summed E-state index contributed by atoms with van der Waals surface area (Å²) in [5, 5.41) is 9.39. The highest BCUT2D eigenvalue weighted by molar-refractivity contribution is 5.81. The molecule has 2 unspecified atom stereocenters. The fourth-order valence-corrected chi connectivity index (χ4v) is 2.76. The van der Waals surface area contributed by atoms with Crippen molar-refractivity contribution >= 4 is 11.9 Å². The molecule has 0 radical (unpaired) electrons. The van der Waals surface area contributed by atoms with Crippen molar-refractivity contribution in [1.29, 1.82) is 0 Å². The Bertz CT molecular complexity index is 479. The standard InChI is InChI=1S/C15H19NO3/c1-3-16-13(17)9-8-12(15(18)19)14(16)11-6-4-10(2)5-7-11/h4-7,12,14H,3,8-9H2,1-2H3,(H,18,19). The SMILES string of the molecule is CCN1C(=O)CCC(C(=O)O)C1c1ccc(C)cc1. The van der Waals surface area contributed by atoms with E-state index in [2.05, 4.69) is 0 Å². The van der Waals surface area contributed by atoms with Gasteiger partial charge >= 0.3 is 5.97 Å². The highest BCUT2D eigenvalue weighted by Gasteiger charge is 2.39. The third kappa shape index (κ3) is 2.62. The molecule has 1 aliphatic rings. The molecule has 0 aliphatic carbocycles. The molecule has 1 saturated heterocycles. The number of piperidine rings is 1. The quantitative estimate of drug-likeness (QED) is 0.908. The van der Waals surface area contributed by atoms with Gasteiger partial charge in [0.25, 0.3) is 0 Å². The molecule has 1 heterocycles. The number of aryl methyl sites for hydroxylation is 1. The van der Waals surface area contributed by atoms with E-state index in [0.717, 1.165) is 11.1 Å². The molecule has 102 valence electrons. The van der Waals surface area contributed by atoms with Gasteiger partial charge in [-0.15, -0.1) is 0 Å². The van der Waals surface area contributed by atoms with Crippen LogP contribution in [-0.2, 0) is 9.59 Å². The molecule has 2 atom stereocenters. The van der Waals surface area contributed by atoms with E-state index in [-0.39, 0.29) is 11.9 Å². The third-order valence-corrected chi connectivity index (χ3v) is 3.78.